The molecule has 4 heteroatoms. The SMILES string of the molecule is Cc1ccc(C(=O)NCC2(O)CCCC2)cc1Cl. The second kappa shape index (κ2) is 5.29. The van der Waals surface area contributed by atoms with Crippen molar-refractivity contribution in [2.24, 2.45) is 0 Å². The third-order valence-corrected chi connectivity index (χ3v) is 3.95. The quantitative estimate of drug-likeness (QED) is 0.885. The molecule has 0 bridgehead atoms. The standard InChI is InChI=1S/C14H18ClNO2/c1-10-4-5-11(8-12(10)15)13(17)16-9-14(18)6-2-3-7-14/h4-5,8,18H,2-3,6-7,9H2,1H3,(H,16,17). The Hall–Kier alpha value is -1.06. The molecule has 2 N–H and O–H groups in total. The van der Waals surface area contributed by atoms with Gasteiger partial charge in [0, 0.05) is 17.1 Å². The highest BCUT2D eigenvalue weighted by atomic mass is 35.5. The van der Waals surface area contributed by atoms with Gasteiger partial charge in [-0.3, -0.25) is 4.79 Å². The number of aliphatic hydroxyl groups is 1. The van der Waals surface area contributed by atoms with Crippen LogP contribution in [0.3, 0.4) is 0 Å². The predicted octanol–water partition coefficient (Wildman–Crippen LogP) is 2.68. The van der Waals surface area contributed by atoms with Crippen molar-refractivity contribution in [2.75, 3.05) is 6.54 Å². The summed E-state index contributed by atoms with van der Waals surface area (Å²) in [6.07, 6.45) is 3.59. The molecule has 0 unspecified atom stereocenters. The Kier molecular flexibility index (Phi) is 3.93. The minimum atomic E-state index is -0.718. The van der Waals surface area contributed by atoms with Gasteiger partial charge in [0.2, 0.25) is 0 Å². The molecule has 0 saturated heterocycles. The summed E-state index contributed by atoms with van der Waals surface area (Å²) in [4.78, 5) is 11.9. The van der Waals surface area contributed by atoms with E-state index in [2.05, 4.69) is 5.32 Å². The van der Waals surface area contributed by atoms with E-state index in [1.165, 1.54) is 0 Å². The van der Waals surface area contributed by atoms with Gasteiger partial charge in [-0.05, 0) is 37.5 Å². The van der Waals surface area contributed by atoms with Crippen LogP contribution < -0.4 is 5.32 Å². The van der Waals surface area contributed by atoms with Gasteiger partial charge in [0.05, 0.1) is 5.60 Å². The van der Waals surface area contributed by atoms with E-state index in [1.54, 1.807) is 12.1 Å². The van der Waals surface area contributed by atoms with Crippen molar-refractivity contribution < 1.29 is 9.90 Å². The summed E-state index contributed by atoms with van der Waals surface area (Å²) in [6, 6.07) is 5.22. The Morgan fingerprint density at radius 1 is 1.44 bits per heavy atom. The zero-order chi connectivity index (χ0) is 13.2. The molecule has 1 aliphatic carbocycles. The van der Waals surface area contributed by atoms with Crippen LogP contribution in [0, 0.1) is 6.92 Å². The summed E-state index contributed by atoms with van der Waals surface area (Å²) in [7, 11) is 0. The maximum atomic E-state index is 11.9. The Morgan fingerprint density at radius 2 is 2.11 bits per heavy atom. The van der Waals surface area contributed by atoms with Gasteiger partial charge >= 0.3 is 0 Å². The molecule has 0 heterocycles. The van der Waals surface area contributed by atoms with Gasteiger partial charge in [-0.25, -0.2) is 0 Å². The van der Waals surface area contributed by atoms with Gasteiger partial charge in [-0.15, -0.1) is 0 Å². The first kappa shape index (κ1) is 13.4. The minimum Gasteiger partial charge on any atom is -0.388 e. The average molecular weight is 268 g/mol. The number of carbonyl (C=O) groups excluding carboxylic acids is 1. The lowest BCUT2D eigenvalue weighted by Gasteiger charge is -2.22. The lowest BCUT2D eigenvalue weighted by atomic mass is 10.0. The smallest absolute Gasteiger partial charge is 0.251 e. The molecule has 98 valence electrons. The number of halogens is 1. The molecule has 0 aromatic heterocycles. The number of benzene rings is 1. The molecular formula is C14H18ClNO2. The Morgan fingerprint density at radius 3 is 2.72 bits per heavy atom. The Balaban J connectivity index is 1.97. The fourth-order valence-corrected chi connectivity index (χ4v) is 2.47. The summed E-state index contributed by atoms with van der Waals surface area (Å²) >= 11 is 5.98. The van der Waals surface area contributed by atoms with Crippen LogP contribution in [0.4, 0.5) is 0 Å². The summed E-state index contributed by atoms with van der Waals surface area (Å²) in [5, 5.41) is 13.5. The minimum absolute atomic E-state index is 0.183. The number of amides is 1. The van der Waals surface area contributed by atoms with Crippen molar-refractivity contribution in [3.05, 3.63) is 34.3 Å². The van der Waals surface area contributed by atoms with Gasteiger partial charge in [-0.2, -0.15) is 0 Å². The predicted molar refractivity (Wildman–Crippen MR) is 71.9 cm³/mol. The third kappa shape index (κ3) is 3.03. The molecule has 1 aromatic carbocycles. The van der Waals surface area contributed by atoms with E-state index in [0.29, 0.717) is 17.1 Å². The van der Waals surface area contributed by atoms with Gasteiger partial charge in [0.15, 0.2) is 0 Å². The number of aryl methyl sites for hydroxylation is 1. The molecule has 3 nitrogen and oxygen atoms in total. The maximum absolute atomic E-state index is 11.9. The fraction of sp³-hybridized carbons (Fsp3) is 0.500. The van der Waals surface area contributed by atoms with Gasteiger partial charge < -0.3 is 10.4 Å². The van der Waals surface area contributed by atoms with Gasteiger partial charge in [0.1, 0.15) is 0 Å². The van der Waals surface area contributed by atoms with Crippen LogP contribution in [0.1, 0.15) is 41.6 Å². The highest BCUT2D eigenvalue weighted by Gasteiger charge is 2.31. The molecule has 0 radical (unpaired) electrons. The van der Waals surface area contributed by atoms with E-state index in [0.717, 1.165) is 31.2 Å². The summed E-state index contributed by atoms with van der Waals surface area (Å²) in [6.45, 7) is 2.21. The van der Waals surface area contributed by atoms with E-state index in [-0.39, 0.29) is 5.91 Å². The van der Waals surface area contributed by atoms with Crippen LogP contribution in [0.15, 0.2) is 18.2 Å². The lowest BCUT2D eigenvalue weighted by molar-refractivity contribution is 0.0449. The third-order valence-electron chi connectivity index (χ3n) is 3.55. The Labute approximate surface area is 112 Å². The van der Waals surface area contributed by atoms with Crippen molar-refractivity contribution >= 4 is 17.5 Å². The molecule has 0 aliphatic heterocycles. The molecule has 0 spiro atoms. The number of carbonyl (C=O) groups is 1. The molecule has 1 amide bonds. The summed E-state index contributed by atoms with van der Waals surface area (Å²) in [5.41, 5.74) is 0.763. The van der Waals surface area contributed by atoms with Crippen LogP contribution in [0.5, 0.6) is 0 Å². The van der Waals surface area contributed by atoms with Crippen molar-refractivity contribution in [1.82, 2.24) is 5.32 Å². The number of hydrogen-bond acceptors (Lipinski definition) is 2. The summed E-state index contributed by atoms with van der Waals surface area (Å²) < 4.78 is 0. The van der Waals surface area contributed by atoms with Crippen LogP contribution in [-0.2, 0) is 0 Å². The topological polar surface area (TPSA) is 49.3 Å². The first-order valence-corrected chi connectivity index (χ1v) is 6.65. The fourth-order valence-electron chi connectivity index (χ4n) is 2.29. The number of rotatable bonds is 3. The summed E-state index contributed by atoms with van der Waals surface area (Å²) in [5.74, 6) is -0.183. The van der Waals surface area contributed by atoms with E-state index >= 15 is 0 Å². The average Bonchev–Trinajstić information content (AvgIpc) is 2.77. The molecule has 0 atom stereocenters. The number of nitrogens with one attached hydrogen (secondary N) is 1. The van der Waals surface area contributed by atoms with Gasteiger partial charge in [0.25, 0.3) is 5.91 Å². The zero-order valence-corrected chi connectivity index (χ0v) is 11.3. The second-order valence-electron chi connectivity index (χ2n) is 5.08. The molecule has 1 aromatic rings. The van der Waals surface area contributed by atoms with Crippen LogP contribution in [0.25, 0.3) is 0 Å². The van der Waals surface area contributed by atoms with E-state index < -0.39 is 5.60 Å². The highest BCUT2D eigenvalue weighted by molar-refractivity contribution is 6.31. The van der Waals surface area contributed by atoms with Crippen molar-refractivity contribution in [2.45, 2.75) is 38.2 Å². The molecule has 1 fully saturated rings. The Bertz CT molecular complexity index is 453. The molecular weight excluding hydrogens is 250 g/mol. The van der Waals surface area contributed by atoms with Crippen molar-refractivity contribution in [1.29, 1.82) is 0 Å². The number of hydrogen-bond donors (Lipinski definition) is 2. The van der Waals surface area contributed by atoms with Gasteiger partial charge in [-0.1, -0.05) is 30.5 Å². The monoisotopic (exact) mass is 267 g/mol. The largest absolute Gasteiger partial charge is 0.388 e. The van der Waals surface area contributed by atoms with Crippen LogP contribution in [-0.4, -0.2) is 23.2 Å². The first-order valence-electron chi connectivity index (χ1n) is 6.27. The molecule has 2 rings (SSSR count). The van der Waals surface area contributed by atoms with Crippen molar-refractivity contribution in [3.63, 3.8) is 0 Å². The van der Waals surface area contributed by atoms with E-state index in [9.17, 15) is 9.90 Å². The maximum Gasteiger partial charge on any atom is 0.251 e. The van der Waals surface area contributed by atoms with E-state index in [1.807, 2.05) is 13.0 Å². The van der Waals surface area contributed by atoms with Crippen LogP contribution in [0.2, 0.25) is 5.02 Å². The zero-order valence-electron chi connectivity index (χ0n) is 10.5. The second-order valence-corrected chi connectivity index (χ2v) is 5.49. The van der Waals surface area contributed by atoms with Crippen molar-refractivity contribution in [3.8, 4) is 0 Å². The highest BCUT2D eigenvalue weighted by Crippen LogP contribution is 2.28. The normalized spacial score (nSPS) is 17.7. The van der Waals surface area contributed by atoms with E-state index in [4.69, 9.17) is 11.6 Å². The molecule has 1 saturated carbocycles. The lowest BCUT2D eigenvalue weighted by Crippen LogP contribution is -2.40. The first-order chi connectivity index (χ1) is 8.50. The molecule has 1 aliphatic rings. The molecule has 18 heavy (non-hydrogen) atoms. The van der Waals surface area contributed by atoms with Crippen LogP contribution >= 0.6 is 11.6 Å².